The van der Waals surface area contributed by atoms with Gasteiger partial charge in [0.25, 0.3) is 0 Å². The van der Waals surface area contributed by atoms with Crippen LogP contribution in [0, 0.1) is 6.92 Å². The minimum atomic E-state index is -0.416. The van der Waals surface area contributed by atoms with Gasteiger partial charge in [0.2, 0.25) is 0 Å². The number of aryl methyl sites for hydroxylation is 1. The maximum atomic E-state index is 8.71. The van der Waals surface area contributed by atoms with Crippen LogP contribution in [-0.4, -0.2) is 5.26 Å². The van der Waals surface area contributed by atoms with E-state index in [0.717, 1.165) is 16.7 Å². The molecule has 1 aromatic rings. The lowest BCUT2D eigenvalue weighted by atomic mass is 9.99. The lowest BCUT2D eigenvalue weighted by Crippen LogP contribution is -2.04. The third-order valence-electron chi connectivity index (χ3n) is 2.02. The molecule has 0 aliphatic rings. The molecule has 1 aromatic carbocycles. The molecule has 2 heteroatoms. The Balaban J connectivity index is 3.04. The van der Waals surface area contributed by atoms with Crippen LogP contribution in [0.5, 0.6) is 0 Å². The summed E-state index contributed by atoms with van der Waals surface area (Å²) in [5.74, 6) is 0. The smallest absolute Gasteiger partial charge is 0.138 e. The average Bonchev–Trinajstić information content (AvgIpc) is 2.09. The fraction of sp³-hybridized carbons (Fsp3) is 0.273. The molecule has 70 valence electrons. The van der Waals surface area contributed by atoms with Crippen molar-refractivity contribution in [3.8, 4) is 0 Å². The molecule has 0 fully saturated rings. The quantitative estimate of drug-likeness (QED) is 0.438. The maximum Gasteiger partial charge on any atom is 0.138 e. The molecular formula is C11H14O2. The van der Waals surface area contributed by atoms with E-state index in [9.17, 15) is 0 Å². The lowest BCUT2D eigenvalue weighted by Gasteiger charge is -2.15. The van der Waals surface area contributed by atoms with Crippen molar-refractivity contribution in [2.24, 2.45) is 0 Å². The summed E-state index contributed by atoms with van der Waals surface area (Å²) in [7, 11) is 0. The Morgan fingerprint density at radius 1 is 1.46 bits per heavy atom. The Morgan fingerprint density at radius 2 is 2.08 bits per heavy atom. The lowest BCUT2D eigenvalue weighted by molar-refractivity contribution is -0.271. The predicted molar refractivity (Wildman–Crippen MR) is 52.4 cm³/mol. The highest BCUT2D eigenvalue weighted by Crippen LogP contribution is 2.25. The van der Waals surface area contributed by atoms with Gasteiger partial charge < -0.3 is 0 Å². The Bertz CT molecular complexity index is 305. The molecule has 0 saturated heterocycles. The Morgan fingerprint density at radius 3 is 2.54 bits per heavy atom. The molecule has 0 aliphatic heterocycles. The SMILES string of the molecule is C=C(C)C(OO)c1ccccc1C. The zero-order valence-corrected chi connectivity index (χ0v) is 7.95. The van der Waals surface area contributed by atoms with Crippen LogP contribution in [-0.2, 0) is 4.89 Å². The molecule has 0 radical (unpaired) electrons. The van der Waals surface area contributed by atoms with Crippen LogP contribution in [0.4, 0.5) is 0 Å². The average molecular weight is 178 g/mol. The summed E-state index contributed by atoms with van der Waals surface area (Å²) < 4.78 is 0. The number of benzene rings is 1. The summed E-state index contributed by atoms with van der Waals surface area (Å²) in [6.45, 7) is 7.56. The fourth-order valence-electron chi connectivity index (χ4n) is 1.29. The van der Waals surface area contributed by atoms with E-state index >= 15 is 0 Å². The van der Waals surface area contributed by atoms with Crippen LogP contribution < -0.4 is 0 Å². The van der Waals surface area contributed by atoms with Crippen LogP contribution in [0.15, 0.2) is 36.4 Å². The molecule has 0 spiro atoms. The van der Waals surface area contributed by atoms with Crippen molar-refractivity contribution in [3.05, 3.63) is 47.5 Å². The van der Waals surface area contributed by atoms with Crippen LogP contribution in [0.3, 0.4) is 0 Å². The Hall–Kier alpha value is -1.12. The van der Waals surface area contributed by atoms with E-state index < -0.39 is 6.10 Å². The van der Waals surface area contributed by atoms with Crippen molar-refractivity contribution < 1.29 is 10.1 Å². The number of hydrogen-bond acceptors (Lipinski definition) is 2. The molecule has 1 N–H and O–H groups in total. The monoisotopic (exact) mass is 178 g/mol. The van der Waals surface area contributed by atoms with E-state index in [1.807, 2.05) is 38.1 Å². The first kappa shape index (κ1) is 9.96. The summed E-state index contributed by atoms with van der Waals surface area (Å²) in [6, 6.07) is 7.76. The third kappa shape index (κ3) is 2.17. The van der Waals surface area contributed by atoms with Crippen molar-refractivity contribution in [3.63, 3.8) is 0 Å². The van der Waals surface area contributed by atoms with Gasteiger partial charge in [-0.1, -0.05) is 30.8 Å². The van der Waals surface area contributed by atoms with Gasteiger partial charge >= 0.3 is 0 Å². The van der Waals surface area contributed by atoms with Crippen molar-refractivity contribution >= 4 is 0 Å². The number of rotatable bonds is 3. The minimum Gasteiger partial charge on any atom is -0.251 e. The first-order chi connectivity index (χ1) is 6.16. The Kier molecular flexibility index (Phi) is 3.23. The molecule has 0 amide bonds. The number of hydrogen-bond donors (Lipinski definition) is 1. The highest BCUT2D eigenvalue weighted by molar-refractivity contribution is 5.31. The minimum absolute atomic E-state index is 0.416. The van der Waals surface area contributed by atoms with Crippen molar-refractivity contribution in [1.29, 1.82) is 0 Å². The van der Waals surface area contributed by atoms with Gasteiger partial charge in [0.15, 0.2) is 0 Å². The Labute approximate surface area is 78.4 Å². The van der Waals surface area contributed by atoms with Crippen molar-refractivity contribution in [2.45, 2.75) is 20.0 Å². The van der Waals surface area contributed by atoms with Gasteiger partial charge in [-0.3, -0.25) is 5.26 Å². The predicted octanol–water partition coefficient (Wildman–Crippen LogP) is 3.10. The zero-order valence-electron chi connectivity index (χ0n) is 7.95. The highest BCUT2D eigenvalue weighted by atomic mass is 17.1. The highest BCUT2D eigenvalue weighted by Gasteiger charge is 2.14. The van der Waals surface area contributed by atoms with E-state index in [0.29, 0.717) is 0 Å². The topological polar surface area (TPSA) is 29.5 Å². The largest absolute Gasteiger partial charge is 0.251 e. The molecule has 1 atom stereocenters. The van der Waals surface area contributed by atoms with Crippen LogP contribution in [0.25, 0.3) is 0 Å². The van der Waals surface area contributed by atoms with Crippen LogP contribution >= 0.6 is 0 Å². The molecule has 0 heterocycles. The molecule has 0 aliphatic carbocycles. The summed E-state index contributed by atoms with van der Waals surface area (Å²) in [4.78, 5) is 4.38. The van der Waals surface area contributed by atoms with Crippen LogP contribution in [0.2, 0.25) is 0 Å². The molecule has 0 saturated carbocycles. The molecule has 0 aromatic heterocycles. The fourth-order valence-corrected chi connectivity index (χ4v) is 1.29. The second kappa shape index (κ2) is 4.21. The summed E-state index contributed by atoms with van der Waals surface area (Å²) in [5.41, 5.74) is 2.83. The summed E-state index contributed by atoms with van der Waals surface area (Å²) in [6.07, 6.45) is -0.416. The van der Waals surface area contributed by atoms with Gasteiger partial charge in [-0.25, -0.2) is 4.89 Å². The third-order valence-corrected chi connectivity index (χ3v) is 2.02. The van der Waals surface area contributed by atoms with Gasteiger partial charge in [-0.2, -0.15) is 0 Å². The van der Waals surface area contributed by atoms with E-state index in [-0.39, 0.29) is 0 Å². The van der Waals surface area contributed by atoms with E-state index in [2.05, 4.69) is 11.5 Å². The molecule has 13 heavy (non-hydrogen) atoms. The van der Waals surface area contributed by atoms with Gasteiger partial charge in [0, 0.05) is 0 Å². The standard InChI is InChI=1S/C11H14O2/c1-8(2)11(13-12)10-7-5-4-6-9(10)3/h4-7,11-12H,1H2,2-3H3. The van der Waals surface area contributed by atoms with E-state index in [1.165, 1.54) is 0 Å². The maximum absolute atomic E-state index is 8.71. The van der Waals surface area contributed by atoms with Crippen LogP contribution in [0.1, 0.15) is 24.2 Å². The first-order valence-corrected chi connectivity index (χ1v) is 4.18. The second-order valence-corrected chi connectivity index (χ2v) is 3.19. The first-order valence-electron chi connectivity index (χ1n) is 4.18. The molecule has 1 rings (SSSR count). The second-order valence-electron chi connectivity index (χ2n) is 3.19. The van der Waals surface area contributed by atoms with Gasteiger partial charge in [0.1, 0.15) is 6.10 Å². The summed E-state index contributed by atoms with van der Waals surface area (Å²) in [5, 5.41) is 8.71. The van der Waals surface area contributed by atoms with E-state index in [1.54, 1.807) is 0 Å². The van der Waals surface area contributed by atoms with Gasteiger partial charge in [0.05, 0.1) is 0 Å². The molecule has 2 nitrogen and oxygen atoms in total. The van der Waals surface area contributed by atoms with Crippen molar-refractivity contribution in [1.82, 2.24) is 0 Å². The summed E-state index contributed by atoms with van der Waals surface area (Å²) >= 11 is 0. The van der Waals surface area contributed by atoms with Crippen molar-refractivity contribution in [2.75, 3.05) is 0 Å². The zero-order chi connectivity index (χ0) is 9.84. The molecule has 0 bridgehead atoms. The molecular weight excluding hydrogens is 164 g/mol. The van der Waals surface area contributed by atoms with Gasteiger partial charge in [-0.05, 0) is 30.5 Å². The van der Waals surface area contributed by atoms with Gasteiger partial charge in [-0.15, -0.1) is 0 Å². The molecule has 1 unspecified atom stereocenters. The normalized spacial score (nSPS) is 12.5. The van der Waals surface area contributed by atoms with E-state index in [4.69, 9.17) is 5.26 Å².